The van der Waals surface area contributed by atoms with Gasteiger partial charge in [-0.15, -0.1) is 0 Å². The molecule has 3 rings (SSSR count). The van der Waals surface area contributed by atoms with Crippen molar-refractivity contribution in [3.8, 4) is 0 Å². The highest BCUT2D eigenvalue weighted by Crippen LogP contribution is 2.17. The second-order valence-electron chi connectivity index (χ2n) is 6.42. The van der Waals surface area contributed by atoms with Gasteiger partial charge >= 0.3 is 5.69 Å². The lowest BCUT2D eigenvalue weighted by Gasteiger charge is -2.16. The summed E-state index contributed by atoms with van der Waals surface area (Å²) in [6.07, 6.45) is 2.38. The first kappa shape index (κ1) is 17.2. The molecule has 1 aromatic carbocycles. The van der Waals surface area contributed by atoms with Gasteiger partial charge in [-0.25, -0.2) is 4.79 Å². The SMILES string of the molecule is O=C(Cn1ccc(=O)[nH]c1=O)NC[C@H]1CCN(Cc2ccccc2)C1. The van der Waals surface area contributed by atoms with Crippen LogP contribution < -0.4 is 16.6 Å². The van der Waals surface area contributed by atoms with Crippen LogP contribution in [-0.2, 0) is 17.9 Å². The maximum Gasteiger partial charge on any atom is 0.328 e. The van der Waals surface area contributed by atoms with Crippen molar-refractivity contribution < 1.29 is 4.79 Å². The number of carbonyl (C=O) groups is 1. The molecule has 1 aromatic heterocycles. The van der Waals surface area contributed by atoms with Crippen LogP contribution in [0.15, 0.2) is 52.2 Å². The number of likely N-dealkylation sites (tertiary alicyclic amines) is 1. The fourth-order valence-corrected chi connectivity index (χ4v) is 3.10. The maximum absolute atomic E-state index is 12.0. The molecule has 132 valence electrons. The third-order valence-electron chi connectivity index (χ3n) is 4.42. The summed E-state index contributed by atoms with van der Waals surface area (Å²) in [5, 5.41) is 2.88. The normalized spacial score (nSPS) is 17.5. The largest absolute Gasteiger partial charge is 0.354 e. The molecule has 1 saturated heterocycles. The number of nitrogens with one attached hydrogen (secondary N) is 2. The molecule has 0 aliphatic carbocycles. The Kier molecular flexibility index (Phi) is 5.45. The molecule has 1 aliphatic heterocycles. The van der Waals surface area contributed by atoms with E-state index in [-0.39, 0.29) is 12.5 Å². The van der Waals surface area contributed by atoms with Crippen molar-refractivity contribution in [2.24, 2.45) is 5.92 Å². The molecule has 0 radical (unpaired) electrons. The van der Waals surface area contributed by atoms with Gasteiger partial charge in [0.2, 0.25) is 5.91 Å². The molecule has 2 N–H and O–H groups in total. The summed E-state index contributed by atoms with van der Waals surface area (Å²) in [5.41, 5.74) is 0.258. The van der Waals surface area contributed by atoms with E-state index in [2.05, 4.69) is 27.3 Å². The van der Waals surface area contributed by atoms with E-state index in [1.54, 1.807) is 0 Å². The molecule has 1 amide bonds. The van der Waals surface area contributed by atoms with Gasteiger partial charge < -0.3 is 5.32 Å². The van der Waals surface area contributed by atoms with Gasteiger partial charge in [0.1, 0.15) is 6.54 Å². The smallest absolute Gasteiger partial charge is 0.328 e. The molecule has 1 fully saturated rings. The van der Waals surface area contributed by atoms with Crippen molar-refractivity contribution in [1.82, 2.24) is 19.8 Å². The second kappa shape index (κ2) is 7.94. The molecule has 0 spiro atoms. The number of hydrogen-bond acceptors (Lipinski definition) is 4. The van der Waals surface area contributed by atoms with E-state index in [9.17, 15) is 14.4 Å². The first-order valence-electron chi connectivity index (χ1n) is 8.43. The average Bonchev–Trinajstić information content (AvgIpc) is 3.04. The molecule has 2 heterocycles. The number of aromatic amines is 1. The number of carbonyl (C=O) groups excluding carboxylic acids is 1. The van der Waals surface area contributed by atoms with E-state index in [0.29, 0.717) is 12.5 Å². The highest BCUT2D eigenvalue weighted by atomic mass is 16.2. The number of rotatable bonds is 6. The highest BCUT2D eigenvalue weighted by Gasteiger charge is 2.22. The Bertz CT molecular complexity index is 828. The predicted octanol–water partition coefficient (Wildman–Crippen LogP) is 0.175. The zero-order valence-corrected chi connectivity index (χ0v) is 14.0. The monoisotopic (exact) mass is 342 g/mol. The average molecular weight is 342 g/mol. The van der Waals surface area contributed by atoms with Gasteiger partial charge in [-0.2, -0.15) is 0 Å². The minimum Gasteiger partial charge on any atom is -0.354 e. The Morgan fingerprint density at radius 3 is 2.76 bits per heavy atom. The van der Waals surface area contributed by atoms with Crippen LogP contribution in [0.2, 0.25) is 0 Å². The molecule has 0 saturated carbocycles. The van der Waals surface area contributed by atoms with Crippen molar-refractivity contribution in [3.63, 3.8) is 0 Å². The molecule has 0 unspecified atom stereocenters. The van der Waals surface area contributed by atoms with E-state index in [4.69, 9.17) is 0 Å². The first-order chi connectivity index (χ1) is 12.1. The fraction of sp³-hybridized carbons (Fsp3) is 0.389. The second-order valence-corrected chi connectivity index (χ2v) is 6.42. The molecule has 25 heavy (non-hydrogen) atoms. The minimum absolute atomic E-state index is 0.0872. The van der Waals surface area contributed by atoms with Gasteiger partial charge in [0, 0.05) is 31.9 Å². The van der Waals surface area contributed by atoms with Gasteiger partial charge in [0.15, 0.2) is 0 Å². The topological polar surface area (TPSA) is 87.2 Å². The van der Waals surface area contributed by atoms with E-state index in [1.165, 1.54) is 22.4 Å². The third kappa shape index (κ3) is 4.90. The molecular formula is C18H22N4O3. The Morgan fingerprint density at radius 1 is 1.20 bits per heavy atom. The zero-order valence-electron chi connectivity index (χ0n) is 14.0. The van der Waals surface area contributed by atoms with Crippen molar-refractivity contribution in [3.05, 3.63) is 69.0 Å². The lowest BCUT2D eigenvalue weighted by atomic mass is 10.1. The zero-order chi connectivity index (χ0) is 17.6. The van der Waals surface area contributed by atoms with Crippen LogP contribution >= 0.6 is 0 Å². The lowest BCUT2D eigenvalue weighted by molar-refractivity contribution is -0.121. The molecule has 7 nitrogen and oxygen atoms in total. The molecule has 7 heteroatoms. The lowest BCUT2D eigenvalue weighted by Crippen LogP contribution is -2.37. The number of benzene rings is 1. The fourth-order valence-electron chi connectivity index (χ4n) is 3.10. The summed E-state index contributed by atoms with van der Waals surface area (Å²) < 4.78 is 1.19. The molecule has 0 bridgehead atoms. The number of aromatic nitrogens is 2. The summed E-state index contributed by atoms with van der Waals surface area (Å²) in [4.78, 5) is 39.1. The van der Waals surface area contributed by atoms with Crippen LogP contribution in [0.3, 0.4) is 0 Å². The summed E-state index contributed by atoms with van der Waals surface area (Å²) in [5.74, 6) is 0.190. The van der Waals surface area contributed by atoms with Crippen molar-refractivity contribution in [2.45, 2.75) is 19.5 Å². The molecule has 1 aliphatic rings. The predicted molar refractivity (Wildman–Crippen MR) is 94.2 cm³/mol. The van der Waals surface area contributed by atoms with E-state index < -0.39 is 11.2 Å². The van der Waals surface area contributed by atoms with Crippen molar-refractivity contribution in [2.75, 3.05) is 19.6 Å². The van der Waals surface area contributed by atoms with Gasteiger partial charge in [0.05, 0.1) is 0 Å². The van der Waals surface area contributed by atoms with E-state index in [1.807, 2.05) is 18.2 Å². The molecular weight excluding hydrogens is 320 g/mol. The van der Waals surface area contributed by atoms with Gasteiger partial charge in [-0.05, 0) is 24.4 Å². The summed E-state index contributed by atoms with van der Waals surface area (Å²) in [7, 11) is 0. The summed E-state index contributed by atoms with van der Waals surface area (Å²) in [6.45, 7) is 3.42. The van der Waals surface area contributed by atoms with Crippen molar-refractivity contribution >= 4 is 5.91 Å². The summed E-state index contributed by atoms with van der Waals surface area (Å²) >= 11 is 0. The number of nitrogens with zero attached hydrogens (tertiary/aromatic N) is 2. The Morgan fingerprint density at radius 2 is 2.00 bits per heavy atom. The number of hydrogen-bond donors (Lipinski definition) is 2. The minimum atomic E-state index is -0.572. The van der Waals surface area contributed by atoms with Crippen LogP contribution in [0.4, 0.5) is 0 Å². The number of H-pyrrole nitrogens is 1. The van der Waals surface area contributed by atoms with Crippen LogP contribution in [0.25, 0.3) is 0 Å². The van der Waals surface area contributed by atoms with Crippen LogP contribution in [0.5, 0.6) is 0 Å². The maximum atomic E-state index is 12.0. The number of amides is 1. The van der Waals surface area contributed by atoms with Gasteiger partial charge in [-0.3, -0.25) is 24.0 Å². The van der Waals surface area contributed by atoms with E-state index in [0.717, 1.165) is 26.1 Å². The van der Waals surface area contributed by atoms with Gasteiger partial charge in [0.25, 0.3) is 5.56 Å². The quantitative estimate of drug-likeness (QED) is 0.784. The van der Waals surface area contributed by atoms with Crippen molar-refractivity contribution in [1.29, 1.82) is 0 Å². The molecule has 1 atom stereocenters. The van der Waals surface area contributed by atoms with Gasteiger partial charge in [-0.1, -0.05) is 30.3 Å². The molecule has 2 aromatic rings. The Balaban J connectivity index is 1.44. The Labute approximate surface area is 145 Å². The summed E-state index contributed by atoms with van der Waals surface area (Å²) in [6, 6.07) is 11.6. The van der Waals surface area contributed by atoms with Crippen LogP contribution in [-0.4, -0.2) is 40.0 Å². The highest BCUT2D eigenvalue weighted by molar-refractivity contribution is 5.75. The Hall–Kier alpha value is -2.67. The first-order valence-corrected chi connectivity index (χ1v) is 8.43. The standard InChI is InChI=1S/C18H22N4O3/c23-16-7-9-22(18(25)20-16)13-17(24)19-10-15-6-8-21(12-15)11-14-4-2-1-3-5-14/h1-5,7,9,15H,6,8,10-13H2,(H,19,24)(H,20,23,25)/t15-/m1/s1. The van der Waals surface area contributed by atoms with Crippen LogP contribution in [0, 0.1) is 5.92 Å². The van der Waals surface area contributed by atoms with E-state index >= 15 is 0 Å². The van der Waals surface area contributed by atoms with Crippen LogP contribution in [0.1, 0.15) is 12.0 Å². The third-order valence-corrected chi connectivity index (χ3v) is 4.42.